The van der Waals surface area contributed by atoms with Crippen molar-refractivity contribution in [1.82, 2.24) is 0 Å². The lowest BCUT2D eigenvalue weighted by molar-refractivity contribution is -0.150. The second kappa shape index (κ2) is 9.16. The van der Waals surface area contributed by atoms with Gasteiger partial charge in [-0.2, -0.15) is 5.26 Å². The number of rotatable bonds is 9. The van der Waals surface area contributed by atoms with Crippen LogP contribution in [0.5, 0.6) is 0 Å². The number of methoxy groups -OCH3 is 1. The van der Waals surface area contributed by atoms with E-state index in [1.54, 1.807) is 7.11 Å². The molecule has 0 fully saturated rings. The van der Waals surface area contributed by atoms with Crippen LogP contribution in [-0.4, -0.2) is 19.2 Å². The Labute approximate surface area is 111 Å². The Morgan fingerprint density at radius 2 is 1.82 bits per heavy atom. The van der Waals surface area contributed by atoms with E-state index in [4.69, 9.17) is 14.7 Å². The van der Waals surface area contributed by atoms with Crippen molar-refractivity contribution in [2.45, 2.75) is 59.1 Å². The van der Waals surface area contributed by atoms with Gasteiger partial charge in [0.1, 0.15) is 5.40 Å². The number of ether oxygens (including phenoxy) is 2. The summed E-state index contributed by atoms with van der Waals surface area (Å²) >= 11 is 1.29. The Bertz CT molecular complexity index is 233. The minimum atomic E-state index is -0.212. The zero-order valence-corrected chi connectivity index (χ0v) is 13.3. The van der Waals surface area contributed by atoms with E-state index in [0.717, 1.165) is 19.3 Å². The molecule has 5 heteroatoms. The van der Waals surface area contributed by atoms with Crippen molar-refractivity contribution < 1.29 is 9.47 Å². The summed E-state index contributed by atoms with van der Waals surface area (Å²) in [4.78, 5) is 0. The smallest absolute Gasteiger partial charge is 0.155 e. The molecule has 0 radical (unpaired) electrons. The van der Waals surface area contributed by atoms with Gasteiger partial charge in [-0.3, -0.25) is 0 Å². The molecule has 0 amide bonds. The summed E-state index contributed by atoms with van der Waals surface area (Å²) < 4.78 is 11.1. The summed E-state index contributed by atoms with van der Waals surface area (Å²) in [5.41, 5.74) is 0.162. The Hall–Kier alpha value is 0.190. The molecule has 0 saturated heterocycles. The molecule has 0 bridgehead atoms. The van der Waals surface area contributed by atoms with Crippen molar-refractivity contribution in [2.75, 3.05) is 7.11 Å². The van der Waals surface area contributed by atoms with Gasteiger partial charge >= 0.3 is 0 Å². The highest BCUT2D eigenvalue weighted by Crippen LogP contribution is 2.49. The standard InChI is InChI=1S/C12H24NO2PS/c1-6-12(7-2,8-3)11(16-17-9-13)15-10(4)14-5/h10-11,16H,6-8H2,1-5H3. The molecule has 0 aliphatic rings. The average molecular weight is 277 g/mol. The molecule has 0 aromatic heterocycles. The molecule has 0 aliphatic heterocycles. The highest BCUT2D eigenvalue weighted by molar-refractivity contribution is 8.52. The third kappa shape index (κ3) is 5.14. The van der Waals surface area contributed by atoms with Crippen LogP contribution in [-0.2, 0) is 9.47 Å². The van der Waals surface area contributed by atoms with E-state index in [-0.39, 0.29) is 17.6 Å². The summed E-state index contributed by atoms with van der Waals surface area (Å²) in [5, 5.41) is 10.9. The van der Waals surface area contributed by atoms with E-state index in [1.807, 2.05) is 6.92 Å². The van der Waals surface area contributed by atoms with Gasteiger partial charge in [-0.15, -0.1) is 0 Å². The number of nitrogens with zero attached hydrogens (tertiary/aromatic N) is 1. The van der Waals surface area contributed by atoms with Crippen LogP contribution < -0.4 is 0 Å². The maximum absolute atomic E-state index is 8.72. The SMILES string of the molecule is CCC(CC)(CC)C(OC(C)OC)PSC#N. The monoisotopic (exact) mass is 277 g/mol. The molecule has 0 heterocycles. The van der Waals surface area contributed by atoms with Crippen LogP contribution in [0.1, 0.15) is 47.0 Å². The number of thiocyanates is 1. The number of hydrogen-bond donors (Lipinski definition) is 0. The van der Waals surface area contributed by atoms with Crippen molar-refractivity contribution >= 4 is 19.2 Å². The molecule has 3 nitrogen and oxygen atoms in total. The minimum absolute atomic E-state index is 0.0992. The van der Waals surface area contributed by atoms with Crippen molar-refractivity contribution in [1.29, 1.82) is 5.26 Å². The van der Waals surface area contributed by atoms with Crippen LogP contribution in [0, 0.1) is 16.1 Å². The van der Waals surface area contributed by atoms with Crippen molar-refractivity contribution in [2.24, 2.45) is 5.41 Å². The molecule has 0 N–H and O–H groups in total. The molecule has 0 saturated carbocycles. The lowest BCUT2D eigenvalue weighted by Crippen LogP contribution is -2.35. The van der Waals surface area contributed by atoms with Gasteiger partial charge in [0.15, 0.2) is 6.29 Å². The Balaban J connectivity index is 4.79. The van der Waals surface area contributed by atoms with E-state index < -0.39 is 0 Å². The predicted octanol–water partition coefficient (Wildman–Crippen LogP) is 4.35. The second-order valence-corrected chi connectivity index (χ2v) is 6.52. The molecule has 17 heavy (non-hydrogen) atoms. The van der Waals surface area contributed by atoms with Gasteiger partial charge in [0.25, 0.3) is 0 Å². The van der Waals surface area contributed by atoms with Crippen LogP contribution in [0.3, 0.4) is 0 Å². The maximum atomic E-state index is 8.72. The molecule has 0 spiro atoms. The largest absolute Gasteiger partial charge is 0.356 e. The van der Waals surface area contributed by atoms with E-state index >= 15 is 0 Å². The third-order valence-electron chi connectivity index (χ3n) is 3.54. The topological polar surface area (TPSA) is 42.2 Å². The summed E-state index contributed by atoms with van der Waals surface area (Å²) in [7, 11) is 2.09. The van der Waals surface area contributed by atoms with Gasteiger partial charge in [0, 0.05) is 12.5 Å². The van der Waals surface area contributed by atoms with Gasteiger partial charge in [0.05, 0.1) is 5.85 Å². The summed E-state index contributed by atoms with van der Waals surface area (Å²) in [6, 6.07) is 0. The van der Waals surface area contributed by atoms with Crippen LogP contribution in [0.25, 0.3) is 0 Å². The van der Waals surface area contributed by atoms with Gasteiger partial charge in [-0.25, -0.2) is 0 Å². The van der Waals surface area contributed by atoms with Gasteiger partial charge in [-0.1, -0.05) is 20.8 Å². The van der Waals surface area contributed by atoms with Crippen molar-refractivity contribution in [3.05, 3.63) is 0 Å². The van der Waals surface area contributed by atoms with Crippen LogP contribution in [0.15, 0.2) is 0 Å². The highest BCUT2D eigenvalue weighted by atomic mass is 32.7. The predicted molar refractivity (Wildman–Crippen MR) is 76.2 cm³/mol. The normalized spacial score (nSPS) is 16.0. The van der Waals surface area contributed by atoms with E-state index in [9.17, 15) is 0 Å². The first-order valence-electron chi connectivity index (χ1n) is 6.08. The molecule has 0 aromatic rings. The Morgan fingerprint density at radius 1 is 1.29 bits per heavy atom. The fourth-order valence-electron chi connectivity index (χ4n) is 1.93. The van der Waals surface area contributed by atoms with Crippen LogP contribution >= 0.6 is 19.2 Å². The fraction of sp³-hybridized carbons (Fsp3) is 0.917. The van der Waals surface area contributed by atoms with Gasteiger partial charge in [-0.05, 0) is 45.4 Å². The first-order valence-corrected chi connectivity index (χ1v) is 8.70. The van der Waals surface area contributed by atoms with E-state index in [2.05, 4.69) is 26.2 Å². The molecular formula is C12H24NO2PS. The average Bonchev–Trinajstić information content (AvgIpc) is 2.37. The quantitative estimate of drug-likeness (QED) is 0.357. The minimum Gasteiger partial charge on any atom is -0.356 e. The number of nitriles is 1. The first kappa shape index (κ1) is 17.2. The molecule has 3 atom stereocenters. The van der Waals surface area contributed by atoms with Crippen molar-refractivity contribution in [3.8, 4) is 5.40 Å². The molecule has 0 aliphatic carbocycles. The Morgan fingerprint density at radius 3 is 2.18 bits per heavy atom. The molecule has 0 aromatic carbocycles. The zero-order chi connectivity index (χ0) is 13.3. The van der Waals surface area contributed by atoms with Gasteiger partial charge < -0.3 is 9.47 Å². The van der Waals surface area contributed by atoms with E-state index in [0.29, 0.717) is 7.78 Å². The number of hydrogen-bond acceptors (Lipinski definition) is 4. The fourth-order valence-corrected chi connectivity index (χ4v) is 4.60. The van der Waals surface area contributed by atoms with Crippen molar-refractivity contribution in [3.63, 3.8) is 0 Å². The molecule has 3 unspecified atom stereocenters. The highest BCUT2D eigenvalue weighted by Gasteiger charge is 2.36. The summed E-state index contributed by atoms with van der Waals surface area (Å²) in [6.07, 6.45) is 3.00. The van der Waals surface area contributed by atoms with Crippen LogP contribution in [0.4, 0.5) is 0 Å². The molecular weight excluding hydrogens is 253 g/mol. The van der Waals surface area contributed by atoms with Crippen LogP contribution in [0.2, 0.25) is 0 Å². The molecule has 0 rings (SSSR count). The zero-order valence-electron chi connectivity index (χ0n) is 11.4. The third-order valence-corrected chi connectivity index (χ3v) is 5.98. The lowest BCUT2D eigenvalue weighted by Gasteiger charge is -2.39. The summed E-state index contributed by atoms with van der Waals surface area (Å²) in [5.74, 6) is 0.0992. The van der Waals surface area contributed by atoms with Gasteiger partial charge in [0.2, 0.25) is 0 Å². The molecule has 100 valence electrons. The second-order valence-electron chi connectivity index (χ2n) is 4.05. The first-order chi connectivity index (χ1) is 8.10. The van der Waals surface area contributed by atoms with E-state index in [1.165, 1.54) is 11.4 Å². The summed E-state index contributed by atoms with van der Waals surface area (Å²) in [6.45, 7) is 8.49. The lowest BCUT2D eigenvalue weighted by atomic mass is 9.80. The maximum Gasteiger partial charge on any atom is 0.155 e. The Kier molecular flexibility index (Phi) is 9.27.